The predicted octanol–water partition coefficient (Wildman–Crippen LogP) is 0.230. The molecule has 9 heteroatoms. The zero-order valence-electron chi connectivity index (χ0n) is 15.7. The van der Waals surface area contributed by atoms with E-state index in [1.807, 2.05) is 0 Å². The smallest absolute Gasteiger partial charge is 0.191 e. The van der Waals surface area contributed by atoms with Crippen molar-refractivity contribution in [2.45, 2.75) is 26.3 Å². The molecule has 0 bridgehead atoms. The topological polar surface area (TPSA) is 77.0 Å². The van der Waals surface area contributed by atoms with Crippen LogP contribution in [0.2, 0.25) is 0 Å². The second-order valence-electron chi connectivity index (χ2n) is 7.04. The minimum absolute atomic E-state index is 0. The van der Waals surface area contributed by atoms with E-state index < -0.39 is 9.84 Å². The lowest BCUT2D eigenvalue weighted by molar-refractivity contribution is 0.124. The molecule has 0 aliphatic carbocycles. The standard InChI is InChI=1S/C16H33N5O2S.HI/c1-4-20-6-8-21(9-7-20)12-14(2)11-18-16(17-3)19-15-5-10-24(22,23)13-15;/h14-15H,4-13H2,1-3H3,(H2,17,18,19);1H. The van der Waals surface area contributed by atoms with Crippen LogP contribution >= 0.6 is 24.0 Å². The maximum atomic E-state index is 11.5. The summed E-state index contributed by atoms with van der Waals surface area (Å²) in [7, 11) is -1.13. The highest BCUT2D eigenvalue weighted by atomic mass is 127. The van der Waals surface area contributed by atoms with Gasteiger partial charge < -0.3 is 20.4 Å². The molecule has 0 aromatic rings. The van der Waals surface area contributed by atoms with Crippen LogP contribution in [0.4, 0.5) is 0 Å². The van der Waals surface area contributed by atoms with Crippen molar-refractivity contribution in [3.8, 4) is 0 Å². The van der Waals surface area contributed by atoms with E-state index in [0.29, 0.717) is 18.3 Å². The number of likely N-dealkylation sites (N-methyl/N-ethyl adjacent to an activating group) is 1. The van der Waals surface area contributed by atoms with E-state index >= 15 is 0 Å². The number of guanidine groups is 1. The Balaban J connectivity index is 0.00000312. The van der Waals surface area contributed by atoms with Gasteiger partial charge in [0, 0.05) is 52.4 Å². The van der Waals surface area contributed by atoms with Crippen molar-refractivity contribution >= 4 is 39.8 Å². The number of rotatable bonds is 6. The summed E-state index contributed by atoms with van der Waals surface area (Å²) < 4.78 is 23.1. The van der Waals surface area contributed by atoms with Crippen LogP contribution in [0.15, 0.2) is 4.99 Å². The van der Waals surface area contributed by atoms with Gasteiger partial charge in [0.2, 0.25) is 0 Å². The highest BCUT2D eigenvalue weighted by Crippen LogP contribution is 2.11. The molecule has 2 N–H and O–H groups in total. The van der Waals surface area contributed by atoms with Crippen LogP contribution in [0.5, 0.6) is 0 Å². The molecule has 2 heterocycles. The summed E-state index contributed by atoms with van der Waals surface area (Å²) in [6.07, 6.45) is 0.667. The Labute approximate surface area is 169 Å². The van der Waals surface area contributed by atoms with Crippen LogP contribution in [0.3, 0.4) is 0 Å². The number of nitrogens with zero attached hydrogens (tertiary/aromatic N) is 3. The normalized spacial score (nSPS) is 26.0. The molecule has 2 saturated heterocycles. The lowest BCUT2D eigenvalue weighted by atomic mass is 10.1. The van der Waals surface area contributed by atoms with Gasteiger partial charge in [-0.25, -0.2) is 8.42 Å². The zero-order chi connectivity index (χ0) is 17.6. The summed E-state index contributed by atoms with van der Waals surface area (Å²) in [6.45, 7) is 12.1. The fourth-order valence-corrected chi connectivity index (χ4v) is 5.03. The van der Waals surface area contributed by atoms with Gasteiger partial charge >= 0.3 is 0 Å². The molecule has 2 aliphatic rings. The second kappa shape index (κ2) is 10.9. The van der Waals surface area contributed by atoms with Gasteiger partial charge in [0.25, 0.3) is 0 Å². The molecule has 7 nitrogen and oxygen atoms in total. The van der Waals surface area contributed by atoms with Crippen LogP contribution < -0.4 is 10.6 Å². The first-order valence-electron chi connectivity index (χ1n) is 9.04. The molecule has 0 radical (unpaired) electrons. The van der Waals surface area contributed by atoms with E-state index in [4.69, 9.17) is 0 Å². The van der Waals surface area contributed by atoms with Gasteiger partial charge in [0.1, 0.15) is 0 Å². The molecule has 2 rings (SSSR count). The summed E-state index contributed by atoms with van der Waals surface area (Å²) in [5.41, 5.74) is 0. The number of aliphatic imine (C=N–C) groups is 1. The number of hydrogen-bond acceptors (Lipinski definition) is 5. The SMILES string of the molecule is CCN1CCN(CC(C)CNC(=NC)NC2CCS(=O)(=O)C2)CC1.I. The fourth-order valence-electron chi connectivity index (χ4n) is 3.36. The predicted molar refractivity (Wildman–Crippen MR) is 115 cm³/mol. The number of sulfone groups is 1. The van der Waals surface area contributed by atoms with Gasteiger partial charge in [0.05, 0.1) is 11.5 Å². The van der Waals surface area contributed by atoms with Crippen molar-refractivity contribution < 1.29 is 8.42 Å². The van der Waals surface area contributed by atoms with E-state index in [0.717, 1.165) is 45.8 Å². The lowest BCUT2D eigenvalue weighted by Crippen LogP contribution is -2.49. The maximum absolute atomic E-state index is 11.5. The average Bonchev–Trinajstić information content (AvgIpc) is 2.90. The van der Waals surface area contributed by atoms with Crippen molar-refractivity contribution in [1.82, 2.24) is 20.4 Å². The summed E-state index contributed by atoms with van der Waals surface area (Å²) in [6, 6.07) is -0.0152. The van der Waals surface area contributed by atoms with Crippen molar-refractivity contribution in [2.75, 3.05) is 64.4 Å². The van der Waals surface area contributed by atoms with Crippen LogP contribution in [-0.2, 0) is 9.84 Å². The van der Waals surface area contributed by atoms with Crippen LogP contribution in [-0.4, -0.2) is 94.6 Å². The summed E-state index contributed by atoms with van der Waals surface area (Å²) in [5.74, 6) is 1.72. The first-order valence-corrected chi connectivity index (χ1v) is 10.9. The third-order valence-electron chi connectivity index (χ3n) is 4.90. The van der Waals surface area contributed by atoms with E-state index in [-0.39, 0.29) is 41.5 Å². The molecule has 2 unspecified atom stereocenters. The number of piperazine rings is 1. The number of hydrogen-bond donors (Lipinski definition) is 2. The Hall–Kier alpha value is -0.130. The highest BCUT2D eigenvalue weighted by molar-refractivity contribution is 14.0. The van der Waals surface area contributed by atoms with Crippen molar-refractivity contribution in [3.05, 3.63) is 0 Å². The van der Waals surface area contributed by atoms with Crippen molar-refractivity contribution in [1.29, 1.82) is 0 Å². The number of halogens is 1. The molecular formula is C16H34IN5O2S. The molecule has 2 aliphatic heterocycles. The molecule has 2 fully saturated rings. The average molecular weight is 487 g/mol. The molecular weight excluding hydrogens is 453 g/mol. The van der Waals surface area contributed by atoms with Crippen molar-refractivity contribution in [3.63, 3.8) is 0 Å². The van der Waals surface area contributed by atoms with E-state index in [2.05, 4.69) is 39.3 Å². The van der Waals surface area contributed by atoms with Gasteiger partial charge in [-0.3, -0.25) is 4.99 Å². The Morgan fingerprint density at radius 1 is 1.24 bits per heavy atom. The van der Waals surface area contributed by atoms with Gasteiger partial charge in [-0.2, -0.15) is 0 Å². The largest absolute Gasteiger partial charge is 0.356 e. The highest BCUT2D eigenvalue weighted by Gasteiger charge is 2.28. The van der Waals surface area contributed by atoms with E-state index in [9.17, 15) is 8.42 Å². The van der Waals surface area contributed by atoms with Gasteiger partial charge in [-0.05, 0) is 18.9 Å². The lowest BCUT2D eigenvalue weighted by Gasteiger charge is -2.35. The Morgan fingerprint density at radius 2 is 1.88 bits per heavy atom. The molecule has 0 spiro atoms. The molecule has 0 aromatic carbocycles. The molecule has 0 amide bonds. The minimum Gasteiger partial charge on any atom is -0.356 e. The fraction of sp³-hybridized carbons (Fsp3) is 0.938. The first-order chi connectivity index (χ1) is 11.4. The summed E-state index contributed by atoms with van der Waals surface area (Å²) in [5, 5.41) is 6.57. The second-order valence-corrected chi connectivity index (χ2v) is 9.27. The molecule has 2 atom stereocenters. The maximum Gasteiger partial charge on any atom is 0.191 e. The Bertz CT molecular complexity index is 521. The summed E-state index contributed by atoms with van der Waals surface area (Å²) >= 11 is 0. The Kier molecular flexibility index (Phi) is 9.97. The minimum atomic E-state index is -2.86. The zero-order valence-corrected chi connectivity index (χ0v) is 18.8. The third-order valence-corrected chi connectivity index (χ3v) is 6.66. The Morgan fingerprint density at radius 3 is 2.40 bits per heavy atom. The molecule has 0 saturated carbocycles. The molecule has 148 valence electrons. The van der Waals surface area contributed by atoms with Crippen LogP contribution in [0.1, 0.15) is 20.3 Å². The quantitative estimate of drug-likeness (QED) is 0.318. The van der Waals surface area contributed by atoms with Gasteiger partial charge in [-0.1, -0.05) is 13.8 Å². The van der Waals surface area contributed by atoms with Crippen LogP contribution in [0, 0.1) is 5.92 Å². The third kappa shape index (κ3) is 7.96. The summed E-state index contributed by atoms with van der Waals surface area (Å²) in [4.78, 5) is 9.23. The van der Waals surface area contributed by atoms with Gasteiger partial charge in [-0.15, -0.1) is 24.0 Å². The van der Waals surface area contributed by atoms with Crippen LogP contribution in [0.25, 0.3) is 0 Å². The van der Waals surface area contributed by atoms with E-state index in [1.165, 1.54) is 0 Å². The first kappa shape index (κ1) is 22.9. The van der Waals surface area contributed by atoms with E-state index in [1.54, 1.807) is 7.05 Å². The van der Waals surface area contributed by atoms with Crippen molar-refractivity contribution in [2.24, 2.45) is 10.9 Å². The van der Waals surface area contributed by atoms with Gasteiger partial charge in [0.15, 0.2) is 15.8 Å². The molecule has 25 heavy (non-hydrogen) atoms. The number of nitrogens with one attached hydrogen (secondary N) is 2. The molecule has 0 aromatic heterocycles. The monoisotopic (exact) mass is 487 g/mol.